The molecule has 1 aliphatic heterocycles. The smallest absolute Gasteiger partial charge is 0.353 e. The molecule has 1 amide bonds. The highest BCUT2D eigenvalue weighted by atomic mass is 19.4. The number of alkyl halides is 3. The van der Waals surface area contributed by atoms with E-state index in [1.54, 1.807) is 0 Å². The number of benzene rings is 1. The van der Waals surface area contributed by atoms with Crippen molar-refractivity contribution in [3.8, 4) is 0 Å². The van der Waals surface area contributed by atoms with Gasteiger partial charge in [-0.15, -0.1) is 0 Å². The van der Waals surface area contributed by atoms with Gasteiger partial charge in [-0.2, -0.15) is 13.2 Å². The van der Waals surface area contributed by atoms with Crippen LogP contribution >= 0.6 is 0 Å². The molecule has 1 aromatic rings. The summed E-state index contributed by atoms with van der Waals surface area (Å²) >= 11 is 0. The predicted molar refractivity (Wildman–Crippen MR) is 70.0 cm³/mol. The van der Waals surface area contributed by atoms with E-state index in [2.05, 4.69) is 5.32 Å². The van der Waals surface area contributed by atoms with Gasteiger partial charge in [-0.3, -0.25) is 25.0 Å². The van der Waals surface area contributed by atoms with Crippen molar-refractivity contribution in [1.29, 1.82) is 0 Å². The Labute approximate surface area is 126 Å². The minimum atomic E-state index is -4.98. The lowest BCUT2D eigenvalue weighted by Crippen LogP contribution is -2.48. The number of nitrogens with one attached hydrogen (secondary N) is 1. The Kier molecular flexibility index (Phi) is 4.08. The average molecular weight is 334 g/mol. The lowest BCUT2D eigenvalue weighted by atomic mass is 10.1. The van der Waals surface area contributed by atoms with E-state index in [9.17, 15) is 38.2 Å². The van der Waals surface area contributed by atoms with Gasteiger partial charge < -0.3 is 10.2 Å². The molecule has 0 aliphatic carbocycles. The molecule has 0 unspecified atom stereocenters. The Morgan fingerprint density at radius 1 is 1.13 bits per heavy atom. The second-order valence-electron chi connectivity index (χ2n) is 4.65. The minimum absolute atomic E-state index is 0.00121. The second-order valence-corrected chi connectivity index (χ2v) is 4.65. The van der Waals surface area contributed by atoms with E-state index in [-0.39, 0.29) is 25.2 Å². The molecule has 1 fully saturated rings. The van der Waals surface area contributed by atoms with E-state index in [1.165, 1.54) is 0 Å². The Morgan fingerprint density at radius 3 is 2.04 bits per heavy atom. The van der Waals surface area contributed by atoms with Gasteiger partial charge in [-0.05, 0) is 0 Å². The fourth-order valence-corrected chi connectivity index (χ4v) is 2.20. The normalized spacial score (nSPS) is 15.3. The number of carbonyl (C=O) groups is 1. The van der Waals surface area contributed by atoms with Crippen LogP contribution in [0.3, 0.4) is 0 Å². The number of nitrogens with zero attached hydrogens (tertiary/aromatic N) is 3. The van der Waals surface area contributed by atoms with Crippen molar-refractivity contribution in [1.82, 2.24) is 5.32 Å². The number of nitro benzene ring substituents is 2. The molecule has 0 radical (unpaired) electrons. The van der Waals surface area contributed by atoms with Gasteiger partial charge in [0.1, 0.15) is 0 Å². The van der Waals surface area contributed by atoms with Crippen LogP contribution in [0.25, 0.3) is 0 Å². The number of hydrogen-bond acceptors (Lipinski definition) is 6. The van der Waals surface area contributed by atoms with Crippen molar-refractivity contribution in [3.63, 3.8) is 0 Å². The van der Waals surface area contributed by atoms with Gasteiger partial charge in [0.25, 0.3) is 11.4 Å². The van der Waals surface area contributed by atoms with Gasteiger partial charge in [0.05, 0.1) is 22.0 Å². The molecule has 0 aromatic heterocycles. The highest BCUT2D eigenvalue weighted by Crippen LogP contribution is 2.43. The number of halogens is 3. The van der Waals surface area contributed by atoms with Crippen molar-refractivity contribution >= 4 is 23.0 Å². The number of piperazine rings is 1. The maximum absolute atomic E-state index is 12.8. The molecule has 0 bridgehead atoms. The molecule has 0 atom stereocenters. The lowest BCUT2D eigenvalue weighted by Gasteiger charge is -2.28. The molecular weight excluding hydrogens is 325 g/mol. The number of anilines is 1. The first-order chi connectivity index (χ1) is 10.6. The molecule has 2 rings (SSSR count). The zero-order chi connectivity index (χ0) is 17.4. The third-order valence-electron chi connectivity index (χ3n) is 3.14. The van der Waals surface area contributed by atoms with E-state index in [0.717, 1.165) is 4.90 Å². The number of nitro groups is 2. The zero-order valence-electron chi connectivity index (χ0n) is 11.3. The summed E-state index contributed by atoms with van der Waals surface area (Å²) < 4.78 is 38.4. The average Bonchev–Trinajstić information content (AvgIpc) is 2.44. The van der Waals surface area contributed by atoms with E-state index >= 15 is 0 Å². The molecule has 12 heteroatoms. The molecule has 124 valence electrons. The van der Waals surface area contributed by atoms with E-state index < -0.39 is 51.1 Å². The van der Waals surface area contributed by atoms with Crippen molar-refractivity contribution in [2.24, 2.45) is 0 Å². The lowest BCUT2D eigenvalue weighted by molar-refractivity contribution is -0.393. The molecular formula is C11H9F3N4O5. The van der Waals surface area contributed by atoms with Crippen molar-refractivity contribution in [2.45, 2.75) is 6.18 Å². The Hall–Kier alpha value is -2.92. The molecule has 1 heterocycles. The van der Waals surface area contributed by atoms with Crippen molar-refractivity contribution < 1.29 is 27.8 Å². The molecule has 23 heavy (non-hydrogen) atoms. The highest BCUT2D eigenvalue weighted by Gasteiger charge is 2.39. The summed E-state index contributed by atoms with van der Waals surface area (Å²) in [5.41, 5.74) is -4.24. The third-order valence-corrected chi connectivity index (χ3v) is 3.14. The quantitative estimate of drug-likeness (QED) is 0.660. The van der Waals surface area contributed by atoms with Gasteiger partial charge in [0.2, 0.25) is 5.91 Å². The van der Waals surface area contributed by atoms with Gasteiger partial charge in [0.15, 0.2) is 5.69 Å². The summed E-state index contributed by atoms with van der Waals surface area (Å²) in [6.07, 6.45) is -4.98. The molecule has 1 aromatic carbocycles. The highest BCUT2D eigenvalue weighted by molar-refractivity contribution is 5.86. The van der Waals surface area contributed by atoms with Crippen LogP contribution in [0.1, 0.15) is 5.56 Å². The largest absolute Gasteiger partial charge is 0.416 e. The predicted octanol–water partition coefficient (Wildman–Crippen LogP) is 1.46. The summed E-state index contributed by atoms with van der Waals surface area (Å²) in [7, 11) is 0. The van der Waals surface area contributed by atoms with Crippen LogP contribution in [0, 0.1) is 20.2 Å². The first kappa shape index (κ1) is 16.5. The summed E-state index contributed by atoms with van der Waals surface area (Å²) in [4.78, 5) is 32.3. The third kappa shape index (κ3) is 3.30. The van der Waals surface area contributed by atoms with Crippen LogP contribution in [0.15, 0.2) is 12.1 Å². The Morgan fingerprint density at radius 2 is 1.65 bits per heavy atom. The minimum Gasteiger partial charge on any atom is -0.353 e. The molecule has 0 spiro atoms. The van der Waals surface area contributed by atoms with Crippen molar-refractivity contribution in [3.05, 3.63) is 37.9 Å². The summed E-state index contributed by atoms with van der Waals surface area (Å²) in [5.74, 6) is -0.542. The molecule has 1 aliphatic rings. The van der Waals surface area contributed by atoms with Gasteiger partial charge in [0, 0.05) is 25.2 Å². The topological polar surface area (TPSA) is 119 Å². The summed E-state index contributed by atoms with van der Waals surface area (Å²) in [6, 6.07) is 0.462. The molecule has 0 saturated carbocycles. The Balaban J connectivity index is 2.69. The number of carbonyl (C=O) groups excluding carboxylic acids is 1. The van der Waals surface area contributed by atoms with Crippen LogP contribution in [0.4, 0.5) is 30.2 Å². The van der Waals surface area contributed by atoms with Gasteiger partial charge >= 0.3 is 6.18 Å². The zero-order valence-corrected chi connectivity index (χ0v) is 11.3. The summed E-state index contributed by atoms with van der Waals surface area (Å²) in [6.45, 7) is -0.361. The standard InChI is InChI=1S/C11H9F3N4O5/c12-11(13,14)6-3-7(17(20)21)10(8(4-6)18(22)23)16-2-1-15-9(19)5-16/h3-4H,1-2,5H2,(H,15,19). The van der Waals surface area contributed by atoms with Crippen LogP contribution in [-0.4, -0.2) is 35.4 Å². The first-order valence-corrected chi connectivity index (χ1v) is 6.17. The number of amides is 1. The number of hydrogen-bond donors (Lipinski definition) is 1. The fraction of sp³-hybridized carbons (Fsp3) is 0.364. The van der Waals surface area contributed by atoms with Gasteiger partial charge in [-0.1, -0.05) is 0 Å². The fourth-order valence-electron chi connectivity index (χ4n) is 2.20. The monoisotopic (exact) mass is 334 g/mol. The van der Waals surface area contributed by atoms with E-state index in [4.69, 9.17) is 0 Å². The molecule has 1 saturated heterocycles. The SMILES string of the molecule is O=C1CN(c2c([N+](=O)[O-])cc(C(F)(F)F)cc2[N+](=O)[O-])CCN1. The second kappa shape index (κ2) is 5.70. The van der Waals surface area contributed by atoms with Crippen LogP contribution < -0.4 is 10.2 Å². The first-order valence-electron chi connectivity index (χ1n) is 6.17. The summed E-state index contributed by atoms with van der Waals surface area (Å²) in [5, 5.41) is 24.6. The maximum Gasteiger partial charge on any atom is 0.416 e. The van der Waals surface area contributed by atoms with Crippen LogP contribution in [-0.2, 0) is 11.0 Å². The van der Waals surface area contributed by atoms with Crippen LogP contribution in [0.5, 0.6) is 0 Å². The Bertz CT molecular complexity index is 656. The number of rotatable bonds is 3. The maximum atomic E-state index is 12.8. The molecule has 9 nitrogen and oxygen atoms in total. The van der Waals surface area contributed by atoms with E-state index in [1.807, 2.05) is 0 Å². The van der Waals surface area contributed by atoms with E-state index in [0.29, 0.717) is 0 Å². The van der Waals surface area contributed by atoms with Gasteiger partial charge in [-0.25, -0.2) is 0 Å². The van der Waals surface area contributed by atoms with Crippen LogP contribution in [0.2, 0.25) is 0 Å². The van der Waals surface area contributed by atoms with Crippen molar-refractivity contribution in [2.75, 3.05) is 24.5 Å². The molecule has 1 N–H and O–H groups in total.